The highest BCUT2D eigenvalue weighted by Gasteiger charge is 2.06. The van der Waals surface area contributed by atoms with Crippen LogP contribution in [0.1, 0.15) is 5.56 Å². The first kappa shape index (κ1) is 13.3. The summed E-state index contributed by atoms with van der Waals surface area (Å²) in [4.78, 5) is 23.3. The Labute approximate surface area is 114 Å². The summed E-state index contributed by atoms with van der Waals surface area (Å²) in [7, 11) is 0. The second kappa shape index (κ2) is 5.67. The van der Waals surface area contributed by atoms with Crippen LogP contribution in [0.4, 0.5) is 11.5 Å². The van der Waals surface area contributed by atoms with Gasteiger partial charge in [-0.1, -0.05) is 0 Å². The number of carbonyl (C=O) groups excluding carboxylic acids is 1. The second-order valence-corrected chi connectivity index (χ2v) is 3.99. The molecule has 0 aliphatic rings. The number of rotatable bonds is 3. The van der Waals surface area contributed by atoms with Crippen LogP contribution in [0.5, 0.6) is 0 Å². The molecule has 7 heteroatoms. The van der Waals surface area contributed by atoms with E-state index in [2.05, 4.69) is 10.4 Å². The maximum Gasteiger partial charge on any atom is 0.267 e. The predicted octanol–water partition coefficient (Wildman–Crippen LogP) is 0.336. The summed E-state index contributed by atoms with van der Waals surface area (Å²) in [6, 6.07) is 11.0. The molecule has 2 rings (SSSR count). The highest BCUT2D eigenvalue weighted by atomic mass is 16.2. The molecule has 0 bridgehead atoms. The lowest BCUT2D eigenvalue weighted by molar-refractivity contribution is -0.117. The zero-order valence-electron chi connectivity index (χ0n) is 10.4. The largest absolute Gasteiger partial charge is 0.382 e. The van der Waals surface area contributed by atoms with Gasteiger partial charge in [-0.05, 0) is 30.3 Å². The summed E-state index contributed by atoms with van der Waals surface area (Å²) >= 11 is 0. The van der Waals surface area contributed by atoms with Crippen molar-refractivity contribution in [3.63, 3.8) is 0 Å². The van der Waals surface area contributed by atoms with Gasteiger partial charge in [0.25, 0.3) is 5.56 Å². The predicted molar refractivity (Wildman–Crippen MR) is 72.7 cm³/mol. The summed E-state index contributed by atoms with van der Waals surface area (Å²) in [5.74, 6) is -0.245. The van der Waals surface area contributed by atoms with Crippen molar-refractivity contribution in [2.75, 3.05) is 11.1 Å². The molecule has 3 N–H and O–H groups in total. The maximum atomic E-state index is 11.8. The minimum Gasteiger partial charge on any atom is -0.382 e. The minimum absolute atomic E-state index is 0.163. The molecule has 0 fully saturated rings. The first-order valence-electron chi connectivity index (χ1n) is 5.72. The standard InChI is InChI=1S/C13H11N5O2/c14-7-9-1-3-10(4-2-9)16-12(19)8-18-13(20)6-5-11(15)17-18/h1-6H,8H2,(H2,15,17)(H,16,19). The number of amides is 1. The van der Waals surface area contributed by atoms with Gasteiger partial charge >= 0.3 is 0 Å². The Balaban J connectivity index is 2.07. The van der Waals surface area contributed by atoms with Crippen LogP contribution in [0.2, 0.25) is 0 Å². The van der Waals surface area contributed by atoms with Crippen LogP contribution in [0, 0.1) is 11.3 Å². The lowest BCUT2D eigenvalue weighted by atomic mass is 10.2. The summed E-state index contributed by atoms with van der Waals surface area (Å²) in [5, 5.41) is 15.0. The van der Waals surface area contributed by atoms with Crippen LogP contribution >= 0.6 is 0 Å². The number of hydrogen-bond acceptors (Lipinski definition) is 5. The van der Waals surface area contributed by atoms with Gasteiger partial charge in [0.2, 0.25) is 5.91 Å². The molecule has 1 heterocycles. The molecule has 0 saturated heterocycles. The van der Waals surface area contributed by atoms with Gasteiger partial charge in [0.1, 0.15) is 12.4 Å². The third kappa shape index (κ3) is 3.20. The first-order chi connectivity index (χ1) is 9.58. The van der Waals surface area contributed by atoms with Gasteiger partial charge in [0.05, 0.1) is 11.6 Å². The Kier molecular flexibility index (Phi) is 3.77. The van der Waals surface area contributed by atoms with Crippen LogP contribution in [0.15, 0.2) is 41.2 Å². The molecule has 1 aromatic heterocycles. The van der Waals surface area contributed by atoms with Crippen LogP contribution < -0.4 is 16.6 Å². The third-order valence-corrected chi connectivity index (χ3v) is 2.48. The summed E-state index contributed by atoms with van der Waals surface area (Å²) in [6.07, 6.45) is 0. The smallest absolute Gasteiger partial charge is 0.267 e. The fourth-order valence-corrected chi connectivity index (χ4v) is 1.54. The van der Waals surface area contributed by atoms with E-state index >= 15 is 0 Å². The Morgan fingerprint density at radius 1 is 1.30 bits per heavy atom. The molecule has 1 aromatic carbocycles. The lowest BCUT2D eigenvalue weighted by Gasteiger charge is -2.06. The average Bonchev–Trinajstić information content (AvgIpc) is 2.43. The van der Waals surface area contributed by atoms with Crippen LogP contribution in [-0.4, -0.2) is 15.7 Å². The van der Waals surface area contributed by atoms with Crippen molar-refractivity contribution in [3.05, 3.63) is 52.3 Å². The van der Waals surface area contributed by atoms with Gasteiger partial charge in [-0.2, -0.15) is 10.4 Å². The molecule has 0 unspecified atom stereocenters. The molecule has 0 saturated carbocycles. The van der Waals surface area contributed by atoms with E-state index in [1.807, 2.05) is 6.07 Å². The van der Waals surface area contributed by atoms with Crippen molar-refractivity contribution in [3.8, 4) is 6.07 Å². The SMILES string of the molecule is N#Cc1ccc(NC(=O)Cn2nc(N)ccc2=O)cc1. The van der Waals surface area contributed by atoms with E-state index in [0.29, 0.717) is 11.3 Å². The van der Waals surface area contributed by atoms with Crippen LogP contribution in [0.3, 0.4) is 0 Å². The summed E-state index contributed by atoms with van der Waals surface area (Å²) < 4.78 is 0.980. The van der Waals surface area contributed by atoms with Gasteiger partial charge in [0.15, 0.2) is 0 Å². The highest BCUT2D eigenvalue weighted by molar-refractivity contribution is 5.90. The Hall–Kier alpha value is -3.14. The molecule has 7 nitrogen and oxygen atoms in total. The number of benzene rings is 1. The number of nitriles is 1. The number of anilines is 2. The van der Waals surface area contributed by atoms with Crippen LogP contribution in [-0.2, 0) is 11.3 Å². The number of nitrogen functional groups attached to an aromatic ring is 1. The third-order valence-electron chi connectivity index (χ3n) is 2.48. The number of nitrogens with two attached hydrogens (primary N) is 1. The Morgan fingerprint density at radius 2 is 2.00 bits per heavy atom. The molecule has 0 atom stereocenters. The summed E-state index contributed by atoms with van der Waals surface area (Å²) in [5.41, 5.74) is 6.08. The van der Waals surface area contributed by atoms with E-state index in [1.165, 1.54) is 12.1 Å². The number of nitrogens with one attached hydrogen (secondary N) is 1. The number of nitrogens with zero attached hydrogens (tertiary/aromatic N) is 3. The van der Waals surface area contributed by atoms with Crippen molar-refractivity contribution in [2.45, 2.75) is 6.54 Å². The van der Waals surface area contributed by atoms with Crippen molar-refractivity contribution in [1.82, 2.24) is 9.78 Å². The topological polar surface area (TPSA) is 114 Å². The van der Waals surface area contributed by atoms with Gasteiger partial charge < -0.3 is 11.1 Å². The molecular weight excluding hydrogens is 258 g/mol. The van der Waals surface area contributed by atoms with E-state index in [-0.39, 0.29) is 12.4 Å². The van der Waals surface area contributed by atoms with Gasteiger partial charge in [-0.25, -0.2) is 4.68 Å². The van der Waals surface area contributed by atoms with Crippen molar-refractivity contribution >= 4 is 17.4 Å². The van der Waals surface area contributed by atoms with E-state index in [0.717, 1.165) is 4.68 Å². The summed E-state index contributed by atoms with van der Waals surface area (Å²) in [6.45, 7) is -0.232. The molecule has 20 heavy (non-hydrogen) atoms. The molecule has 0 aliphatic carbocycles. The van der Waals surface area contributed by atoms with E-state index in [9.17, 15) is 9.59 Å². The monoisotopic (exact) mass is 269 g/mol. The number of aromatic nitrogens is 2. The number of carbonyl (C=O) groups is 1. The number of hydrogen-bond donors (Lipinski definition) is 2. The van der Waals surface area contributed by atoms with E-state index in [4.69, 9.17) is 11.0 Å². The molecule has 0 radical (unpaired) electrons. The van der Waals surface area contributed by atoms with E-state index < -0.39 is 11.5 Å². The Morgan fingerprint density at radius 3 is 2.65 bits per heavy atom. The quantitative estimate of drug-likeness (QED) is 0.833. The zero-order chi connectivity index (χ0) is 14.5. The zero-order valence-corrected chi connectivity index (χ0v) is 10.4. The average molecular weight is 269 g/mol. The van der Waals surface area contributed by atoms with Crippen LogP contribution in [0.25, 0.3) is 0 Å². The van der Waals surface area contributed by atoms with Crippen molar-refractivity contribution in [2.24, 2.45) is 0 Å². The van der Waals surface area contributed by atoms with Gasteiger partial charge in [-0.3, -0.25) is 9.59 Å². The lowest BCUT2D eigenvalue weighted by Crippen LogP contribution is -2.29. The molecule has 100 valence electrons. The molecular formula is C13H11N5O2. The fourth-order valence-electron chi connectivity index (χ4n) is 1.54. The minimum atomic E-state index is -0.408. The van der Waals surface area contributed by atoms with Gasteiger partial charge in [-0.15, -0.1) is 0 Å². The molecule has 2 aromatic rings. The highest BCUT2D eigenvalue weighted by Crippen LogP contribution is 2.08. The van der Waals surface area contributed by atoms with E-state index in [1.54, 1.807) is 24.3 Å². The Bertz CT molecular complexity index is 728. The second-order valence-electron chi connectivity index (χ2n) is 3.99. The van der Waals surface area contributed by atoms with Crippen molar-refractivity contribution in [1.29, 1.82) is 5.26 Å². The first-order valence-corrected chi connectivity index (χ1v) is 5.72. The fraction of sp³-hybridized carbons (Fsp3) is 0.0769. The molecule has 1 amide bonds. The normalized spacial score (nSPS) is 9.75. The maximum absolute atomic E-state index is 11.8. The molecule has 0 aliphatic heterocycles. The molecule has 0 spiro atoms. The van der Waals surface area contributed by atoms with Gasteiger partial charge in [0, 0.05) is 11.8 Å². The van der Waals surface area contributed by atoms with Crippen molar-refractivity contribution < 1.29 is 4.79 Å².